The predicted octanol–water partition coefficient (Wildman–Crippen LogP) is 4.42. The zero-order valence-corrected chi connectivity index (χ0v) is 14.1. The first-order valence-corrected chi connectivity index (χ1v) is 7.41. The third-order valence-corrected chi connectivity index (χ3v) is 3.80. The third kappa shape index (κ3) is 2.80. The van der Waals surface area contributed by atoms with E-state index in [0.29, 0.717) is 23.0 Å². The maximum atomic E-state index is 6.03. The van der Waals surface area contributed by atoms with Gasteiger partial charge in [-0.05, 0) is 18.2 Å². The highest BCUT2D eigenvalue weighted by Gasteiger charge is 2.21. The van der Waals surface area contributed by atoms with Crippen molar-refractivity contribution in [2.45, 2.75) is 0 Å². The molecule has 0 radical (unpaired) electrons. The molecule has 0 bridgehead atoms. The second-order valence-corrected chi connectivity index (χ2v) is 5.12. The summed E-state index contributed by atoms with van der Waals surface area (Å²) < 4.78 is 27.4. The van der Waals surface area contributed by atoms with Crippen molar-refractivity contribution < 1.29 is 23.4 Å². The van der Waals surface area contributed by atoms with Crippen molar-refractivity contribution in [2.24, 2.45) is 0 Å². The normalized spacial score (nSPS) is 10.5. The van der Waals surface area contributed by atoms with Gasteiger partial charge in [0.1, 0.15) is 5.75 Å². The van der Waals surface area contributed by atoms with Crippen LogP contribution in [0, 0.1) is 0 Å². The van der Waals surface area contributed by atoms with E-state index in [0.717, 1.165) is 22.3 Å². The van der Waals surface area contributed by atoms with Gasteiger partial charge in [0.05, 0.1) is 45.5 Å². The van der Waals surface area contributed by atoms with Gasteiger partial charge in [-0.3, -0.25) is 0 Å². The van der Waals surface area contributed by atoms with Crippen molar-refractivity contribution in [2.75, 3.05) is 28.4 Å². The van der Waals surface area contributed by atoms with E-state index in [4.69, 9.17) is 23.4 Å². The summed E-state index contributed by atoms with van der Waals surface area (Å²) in [5.41, 5.74) is 1.56. The summed E-state index contributed by atoms with van der Waals surface area (Å²) in [4.78, 5) is 0. The molecule has 24 heavy (non-hydrogen) atoms. The third-order valence-electron chi connectivity index (χ3n) is 3.80. The Morgan fingerprint density at radius 3 is 1.96 bits per heavy atom. The van der Waals surface area contributed by atoms with E-state index in [9.17, 15) is 0 Å². The highest BCUT2D eigenvalue weighted by atomic mass is 16.5. The molecule has 0 atom stereocenters. The standard InChI is InChI=1S/C19H19O5/c1-20-14-7-5-12-6-8-15(24-16(12)11-14)13-9-17(21-2)19(23-4)18(10-13)22-3/h5-11H,1-4H3/q+1. The van der Waals surface area contributed by atoms with Crippen LogP contribution in [0.15, 0.2) is 46.9 Å². The molecule has 0 fully saturated rings. The Bertz CT molecular complexity index is 848. The van der Waals surface area contributed by atoms with Crippen molar-refractivity contribution in [3.63, 3.8) is 0 Å². The Kier molecular flexibility index (Phi) is 4.42. The molecule has 0 aliphatic carbocycles. The van der Waals surface area contributed by atoms with E-state index in [1.807, 2.05) is 42.5 Å². The minimum Gasteiger partial charge on any atom is -0.496 e. The van der Waals surface area contributed by atoms with Gasteiger partial charge in [0, 0.05) is 18.2 Å². The predicted molar refractivity (Wildman–Crippen MR) is 92.3 cm³/mol. The highest BCUT2D eigenvalue weighted by molar-refractivity contribution is 5.80. The van der Waals surface area contributed by atoms with Gasteiger partial charge in [-0.2, -0.15) is 0 Å². The van der Waals surface area contributed by atoms with Crippen LogP contribution in [0.4, 0.5) is 0 Å². The van der Waals surface area contributed by atoms with Crippen LogP contribution >= 0.6 is 0 Å². The summed E-state index contributed by atoms with van der Waals surface area (Å²) in [7, 11) is 6.38. The number of methoxy groups -OCH3 is 4. The van der Waals surface area contributed by atoms with Gasteiger partial charge in [0.2, 0.25) is 5.75 Å². The average Bonchev–Trinajstić information content (AvgIpc) is 2.65. The second kappa shape index (κ2) is 6.66. The minimum atomic E-state index is 0.547. The van der Waals surface area contributed by atoms with Crippen LogP contribution in [0.1, 0.15) is 0 Å². The lowest BCUT2D eigenvalue weighted by atomic mass is 10.1. The summed E-state index contributed by atoms with van der Waals surface area (Å²) in [6.07, 6.45) is 0. The largest absolute Gasteiger partial charge is 0.496 e. The molecular weight excluding hydrogens is 308 g/mol. The monoisotopic (exact) mass is 327 g/mol. The Balaban J connectivity index is 2.15. The smallest absolute Gasteiger partial charge is 0.364 e. The topological polar surface area (TPSA) is 48.2 Å². The maximum Gasteiger partial charge on any atom is 0.364 e. The van der Waals surface area contributed by atoms with Crippen LogP contribution in [0.25, 0.3) is 22.3 Å². The van der Waals surface area contributed by atoms with Crippen LogP contribution in [0.2, 0.25) is 0 Å². The summed E-state index contributed by atoms with van der Waals surface area (Å²) in [5.74, 6) is 3.13. The van der Waals surface area contributed by atoms with Crippen molar-refractivity contribution in [3.8, 4) is 34.3 Å². The molecule has 0 saturated heterocycles. The molecule has 1 aromatic heterocycles. The SMILES string of the molecule is COc1ccc2ccc(-c3cc(OC)c(OC)c(OC)c3)[o+]c2c1. The molecule has 3 rings (SSSR count). The van der Waals surface area contributed by atoms with Crippen LogP contribution in [-0.2, 0) is 0 Å². The van der Waals surface area contributed by atoms with Gasteiger partial charge in [-0.1, -0.05) is 0 Å². The Morgan fingerprint density at radius 1 is 0.708 bits per heavy atom. The molecule has 0 aliphatic heterocycles. The number of hydrogen-bond donors (Lipinski definition) is 0. The number of benzene rings is 2. The van der Waals surface area contributed by atoms with Crippen LogP contribution in [0.3, 0.4) is 0 Å². The maximum absolute atomic E-state index is 6.03. The summed E-state index contributed by atoms with van der Waals surface area (Å²) in [6, 6.07) is 13.3. The quantitative estimate of drug-likeness (QED) is 0.649. The number of fused-ring (bicyclic) bond motifs is 1. The van der Waals surface area contributed by atoms with Gasteiger partial charge in [0.25, 0.3) is 0 Å². The Morgan fingerprint density at radius 2 is 1.38 bits per heavy atom. The first-order valence-electron chi connectivity index (χ1n) is 7.41. The van der Waals surface area contributed by atoms with Crippen LogP contribution in [0.5, 0.6) is 23.0 Å². The van der Waals surface area contributed by atoms with Gasteiger partial charge < -0.3 is 18.9 Å². The van der Waals surface area contributed by atoms with Gasteiger partial charge in [0.15, 0.2) is 11.5 Å². The first kappa shape index (κ1) is 15.9. The molecule has 0 spiro atoms. The molecule has 3 aromatic rings. The van der Waals surface area contributed by atoms with Crippen LogP contribution < -0.4 is 18.9 Å². The van der Waals surface area contributed by atoms with E-state index >= 15 is 0 Å². The van der Waals surface area contributed by atoms with Crippen molar-refractivity contribution in [1.29, 1.82) is 0 Å². The average molecular weight is 327 g/mol. The molecule has 5 nitrogen and oxygen atoms in total. The molecule has 0 N–H and O–H groups in total. The summed E-state index contributed by atoms with van der Waals surface area (Å²) >= 11 is 0. The van der Waals surface area contributed by atoms with E-state index in [-0.39, 0.29) is 0 Å². The van der Waals surface area contributed by atoms with Crippen LogP contribution in [-0.4, -0.2) is 28.4 Å². The van der Waals surface area contributed by atoms with Crippen molar-refractivity contribution >= 4 is 11.0 Å². The van der Waals surface area contributed by atoms with E-state index in [1.165, 1.54) is 0 Å². The molecule has 2 aromatic carbocycles. The summed E-state index contributed by atoms with van der Waals surface area (Å²) in [6.45, 7) is 0. The van der Waals surface area contributed by atoms with Gasteiger partial charge in [-0.25, -0.2) is 4.42 Å². The molecular formula is C19H19O5+. The van der Waals surface area contributed by atoms with Crippen molar-refractivity contribution in [1.82, 2.24) is 0 Å². The zero-order chi connectivity index (χ0) is 17.1. The fourth-order valence-electron chi connectivity index (χ4n) is 2.56. The molecule has 0 saturated carbocycles. The summed E-state index contributed by atoms with van der Waals surface area (Å²) in [5, 5.41) is 0.993. The van der Waals surface area contributed by atoms with Gasteiger partial charge in [-0.15, -0.1) is 0 Å². The fourth-order valence-corrected chi connectivity index (χ4v) is 2.56. The zero-order valence-electron chi connectivity index (χ0n) is 14.1. The van der Waals surface area contributed by atoms with Gasteiger partial charge >= 0.3 is 11.3 Å². The number of rotatable bonds is 5. The molecule has 1 heterocycles. The van der Waals surface area contributed by atoms with E-state index < -0.39 is 0 Å². The molecule has 5 heteroatoms. The number of hydrogen-bond acceptors (Lipinski definition) is 4. The molecule has 0 amide bonds. The molecule has 0 unspecified atom stereocenters. The number of ether oxygens (including phenoxy) is 4. The minimum absolute atomic E-state index is 0.547. The lowest BCUT2D eigenvalue weighted by Crippen LogP contribution is -1.95. The Labute approximate surface area is 140 Å². The fraction of sp³-hybridized carbons (Fsp3) is 0.211. The first-order chi connectivity index (χ1) is 11.7. The lowest BCUT2D eigenvalue weighted by Gasteiger charge is -2.12. The van der Waals surface area contributed by atoms with E-state index in [2.05, 4.69) is 0 Å². The second-order valence-electron chi connectivity index (χ2n) is 5.12. The Hall–Kier alpha value is -2.95. The molecule has 0 aliphatic rings. The molecule has 124 valence electrons. The van der Waals surface area contributed by atoms with Crippen molar-refractivity contribution in [3.05, 3.63) is 42.5 Å². The van der Waals surface area contributed by atoms with E-state index in [1.54, 1.807) is 28.4 Å². The lowest BCUT2D eigenvalue weighted by molar-refractivity contribution is 0.324. The highest BCUT2D eigenvalue weighted by Crippen LogP contribution is 2.41.